The van der Waals surface area contributed by atoms with E-state index in [1.807, 2.05) is 12.1 Å². The summed E-state index contributed by atoms with van der Waals surface area (Å²) in [5.74, 6) is 1.03. The van der Waals surface area contributed by atoms with Crippen LogP contribution in [0.15, 0.2) is 34.9 Å². The van der Waals surface area contributed by atoms with Gasteiger partial charge in [-0.15, -0.1) is 0 Å². The average Bonchev–Trinajstić information content (AvgIpc) is 3.01. The number of halogens is 1. The summed E-state index contributed by atoms with van der Waals surface area (Å²) in [4.78, 5) is 2.25. The van der Waals surface area contributed by atoms with Gasteiger partial charge in [0.25, 0.3) is 0 Å². The van der Waals surface area contributed by atoms with Crippen molar-refractivity contribution in [2.45, 2.75) is 45.3 Å². The maximum atomic E-state index is 13.9. The van der Waals surface area contributed by atoms with Crippen LogP contribution >= 0.6 is 0 Å². The first-order chi connectivity index (χ1) is 11.5. The van der Waals surface area contributed by atoms with Crippen LogP contribution < -0.4 is 0 Å². The van der Waals surface area contributed by atoms with Gasteiger partial charge in [-0.2, -0.15) is 0 Å². The summed E-state index contributed by atoms with van der Waals surface area (Å²) in [5.41, 5.74) is 1.63. The Morgan fingerprint density at radius 1 is 1.38 bits per heavy atom. The highest BCUT2D eigenvalue weighted by Crippen LogP contribution is 2.24. The molecule has 2 atom stereocenters. The topological polar surface area (TPSA) is 49.5 Å². The zero-order valence-electron chi connectivity index (χ0n) is 14.3. The van der Waals surface area contributed by atoms with Crippen LogP contribution in [0.3, 0.4) is 0 Å². The maximum Gasteiger partial charge on any atom is 0.150 e. The minimum atomic E-state index is -0.387. The van der Waals surface area contributed by atoms with Crippen molar-refractivity contribution in [2.24, 2.45) is 5.92 Å². The van der Waals surface area contributed by atoms with E-state index in [4.69, 9.17) is 4.52 Å². The van der Waals surface area contributed by atoms with E-state index in [0.717, 1.165) is 24.5 Å². The van der Waals surface area contributed by atoms with E-state index in [0.29, 0.717) is 30.9 Å². The number of hydrogen-bond acceptors (Lipinski definition) is 4. The SMILES string of the molecule is CC(C)c1cc(CN2CC[C@@H](O)[C@H](Cc3ccccc3F)C2)on1. The van der Waals surface area contributed by atoms with Crippen molar-refractivity contribution in [1.82, 2.24) is 10.1 Å². The van der Waals surface area contributed by atoms with Crippen molar-refractivity contribution in [3.63, 3.8) is 0 Å². The number of piperidine rings is 1. The molecule has 1 fully saturated rings. The third-order valence-electron chi connectivity index (χ3n) is 4.77. The van der Waals surface area contributed by atoms with Gasteiger partial charge in [-0.3, -0.25) is 4.90 Å². The van der Waals surface area contributed by atoms with Gasteiger partial charge in [0.15, 0.2) is 5.76 Å². The van der Waals surface area contributed by atoms with Gasteiger partial charge in [0.2, 0.25) is 0 Å². The van der Waals surface area contributed by atoms with Gasteiger partial charge in [-0.1, -0.05) is 37.2 Å². The Morgan fingerprint density at radius 2 is 2.17 bits per heavy atom. The Labute approximate surface area is 142 Å². The minimum Gasteiger partial charge on any atom is -0.393 e. The van der Waals surface area contributed by atoms with E-state index in [1.54, 1.807) is 12.1 Å². The number of aliphatic hydroxyl groups is 1. The first-order valence-corrected chi connectivity index (χ1v) is 8.62. The molecule has 0 radical (unpaired) electrons. The normalized spacial score (nSPS) is 22.2. The molecule has 5 heteroatoms. The molecule has 0 bridgehead atoms. The highest BCUT2D eigenvalue weighted by molar-refractivity contribution is 5.18. The fourth-order valence-corrected chi connectivity index (χ4v) is 3.28. The fourth-order valence-electron chi connectivity index (χ4n) is 3.28. The van der Waals surface area contributed by atoms with E-state index < -0.39 is 0 Å². The molecule has 1 aliphatic heterocycles. The van der Waals surface area contributed by atoms with Crippen LogP contribution in [0.5, 0.6) is 0 Å². The Hall–Kier alpha value is -1.72. The standard InChI is InChI=1S/C19H25FN2O2/c1-13(2)18-10-16(24-21-18)12-22-8-7-19(23)15(11-22)9-14-5-3-4-6-17(14)20/h3-6,10,13,15,19,23H,7-9,11-12H2,1-2H3/t15-,19-/m1/s1. The zero-order valence-corrected chi connectivity index (χ0v) is 14.3. The highest BCUT2D eigenvalue weighted by atomic mass is 19.1. The molecule has 24 heavy (non-hydrogen) atoms. The molecule has 3 rings (SSSR count). The number of likely N-dealkylation sites (tertiary alicyclic amines) is 1. The van der Waals surface area contributed by atoms with Crippen LogP contribution in [0.25, 0.3) is 0 Å². The lowest BCUT2D eigenvalue weighted by molar-refractivity contribution is 0.0207. The molecule has 0 unspecified atom stereocenters. The van der Waals surface area contributed by atoms with Crippen LogP contribution in [0.4, 0.5) is 4.39 Å². The van der Waals surface area contributed by atoms with E-state index >= 15 is 0 Å². The molecule has 1 aromatic heterocycles. The molecule has 130 valence electrons. The molecule has 4 nitrogen and oxygen atoms in total. The Balaban J connectivity index is 1.63. The largest absolute Gasteiger partial charge is 0.393 e. The molecule has 0 saturated carbocycles. The maximum absolute atomic E-state index is 13.9. The summed E-state index contributed by atoms with van der Waals surface area (Å²) < 4.78 is 19.3. The molecule has 0 amide bonds. The number of nitrogens with zero attached hydrogens (tertiary/aromatic N) is 2. The first-order valence-electron chi connectivity index (χ1n) is 8.62. The van der Waals surface area contributed by atoms with Gasteiger partial charge >= 0.3 is 0 Å². The average molecular weight is 332 g/mol. The molecule has 1 aromatic carbocycles. The Kier molecular flexibility index (Phi) is 5.31. The quantitative estimate of drug-likeness (QED) is 0.912. The number of aliphatic hydroxyl groups excluding tert-OH is 1. The van der Waals surface area contributed by atoms with Crippen LogP contribution in [0, 0.1) is 11.7 Å². The van der Waals surface area contributed by atoms with E-state index in [2.05, 4.69) is 23.9 Å². The molecule has 1 N–H and O–H groups in total. The van der Waals surface area contributed by atoms with Crippen molar-refractivity contribution < 1.29 is 14.0 Å². The monoisotopic (exact) mass is 332 g/mol. The molecule has 0 spiro atoms. The molecular weight excluding hydrogens is 307 g/mol. The van der Waals surface area contributed by atoms with Crippen LogP contribution in [0.1, 0.15) is 43.2 Å². The summed E-state index contributed by atoms with van der Waals surface area (Å²) in [6.45, 7) is 6.40. The number of benzene rings is 1. The summed E-state index contributed by atoms with van der Waals surface area (Å²) in [6, 6.07) is 8.81. The highest BCUT2D eigenvalue weighted by Gasteiger charge is 2.29. The van der Waals surface area contributed by atoms with Crippen molar-refractivity contribution in [1.29, 1.82) is 0 Å². The molecule has 2 aromatic rings. The van der Waals surface area contributed by atoms with Gasteiger partial charge < -0.3 is 9.63 Å². The van der Waals surface area contributed by atoms with Crippen molar-refractivity contribution >= 4 is 0 Å². The summed E-state index contributed by atoms with van der Waals surface area (Å²) in [5, 5.41) is 14.4. The van der Waals surface area contributed by atoms with E-state index in [-0.39, 0.29) is 17.8 Å². The number of rotatable bonds is 5. The summed E-state index contributed by atoms with van der Waals surface area (Å²) >= 11 is 0. The van der Waals surface area contributed by atoms with E-state index in [9.17, 15) is 9.50 Å². The van der Waals surface area contributed by atoms with Crippen LogP contribution in [0.2, 0.25) is 0 Å². The van der Waals surface area contributed by atoms with Gasteiger partial charge in [0, 0.05) is 25.1 Å². The number of aromatic nitrogens is 1. The minimum absolute atomic E-state index is 0.0307. The predicted molar refractivity (Wildman–Crippen MR) is 90.1 cm³/mol. The molecule has 0 aliphatic carbocycles. The van der Waals surface area contributed by atoms with E-state index in [1.165, 1.54) is 6.07 Å². The van der Waals surface area contributed by atoms with Gasteiger partial charge in [0.1, 0.15) is 5.82 Å². The van der Waals surface area contributed by atoms with Crippen LogP contribution in [-0.2, 0) is 13.0 Å². The summed E-state index contributed by atoms with van der Waals surface area (Å²) in [6.07, 6.45) is 0.865. The summed E-state index contributed by atoms with van der Waals surface area (Å²) in [7, 11) is 0. The second-order valence-electron chi connectivity index (χ2n) is 7.02. The van der Waals surface area contributed by atoms with Gasteiger partial charge in [0.05, 0.1) is 18.3 Å². The second-order valence-corrected chi connectivity index (χ2v) is 7.02. The van der Waals surface area contributed by atoms with Gasteiger partial charge in [-0.25, -0.2) is 4.39 Å². The molecule has 2 heterocycles. The van der Waals surface area contributed by atoms with Gasteiger partial charge in [-0.05, 0) is 30.4 Å². The van der Waals surface area contributed by atoms with Crippen molar-refractivity contribution in [3.05, 3.63) is 53.2 Å². The molecule has 1 saturated heterocycles. The predicted octanol–water partition coefficient (Wildman–Crippen LogP) is 3.36. The zero-order chi connectivity index (χ0) is 17.1. The number of hydrogen-bond donors (Lipinski definition) is 1. The van der Waals surface area contributed by atoms with Crippen molar-refractivity contribution in [3.8, 4) is 0 Å². The third kappa shape index (κ3) is 4.02. The lowest BCUT2D eigenvalue weighted by atomic mass is 9.88. The van der Waals surface area contributed by atoms with Crippen LogP contribution in [-0.4, -0.2) is 34.4 Å². The smallest absolute Gasteiger partial charge is 0.150 e. The molecular formula is C19H25FN2O2. The second kappa shape index (κ2) is 7.45. The Morgan fingerprint density at radius 3 is 2.88 bits per heavy atom. The fraction of sp³-hybridized carbons (Fsp3) is 0.526. The first kappa shape index (κ1) is 17.1. The Bertz CT molecular complexity index is 671. The molecule has 1 aliphatic rings. The lowest BCUT2D eigenvalue weighted by Gasteiger charge is -2.35. The third-order valence-corrected chi connectivity index (χ3v) is 4.77. The lowest BCUT2D eigenvalue weighted by Crippen LogP contribution is -2.43. The van der Waals surface area contributed by atoms with Crippen molar-refractivity contribution in [2.75, 3.05) is 13.1 Å².